The molecule has 0 spiro atoms. The maximum Gasteiger partial charge on any atom is 0.331 e. The Kier molecular flexibility index (Phi) is 22.8. The fourth-order valence-corrected chi connectivity index (χ4v) is 4.21. The molecule has 1 N–H and O–H groups in total. The molecule has 0 bridgehead atoms. The van der Waals surface area contributed by atoms with Crippen molar-refractivity contribution < 1.29 is 19.4 Å². The van der Waals surface area contributed by atoms with E-state index in [0.29, 0.717) is 0 Å². The van der Waals surface area contributed by atoms with Crippen LogP contribution < -0.4 is 0 Å². The van der Waals surface area contributed by atoms with Crippen molar-refractivity contribution in [3.8, 4) is 0 Å². The van der Waals surface area contributed by atoms with E-state index in [1.54, 1.807) is 0 Å². The summed E-state index contributed by atoms with van der Waals surface area (Å²) >= 11 is 0. The number of rotatable bonds is 24. The van der Waals surface area contributed by atoms with Gasteiger partial charge in [-0.15, -0.1) is 0 Å². The van der Waals surface area contributed by atoms with E-state index in [0.717, 1.165) is 51.0 Å². The quantitative estimate of drug-likeness (QED) is 0.0902. The van der Waals surface area contributed by atoms with Crippen LogP contribution in [0.5, 0.6) is 0 Å². The van der Waals surface area contributed by atoms with Crippen LogP contribution >= 0.6 is 0 Å². The Bertz CT molecular complexity index is 488. The minimum atomic E-state index is -1.13. The third-order valence-electron chi connectivity index (χ3n) is 6.44. The van der Waals surface area contributed by atoms with Crippen molar-refractivity contribution in [2.24, 2.45) is 0 Å². The number of carboxylic acid groups (broad SMARTS) is 1. The van der Waals surface area contributed by atoms with E-state index in [2.05, 4.69) is 25.7 Å². The van der Waals surface area contributed by atoms with Crippen LogP contribution in [-0.4, -0.2) is 47.7 Å². The third-order valence-corrected chi connectivity index (χ3v) is 6.44. The van der Waals surface area contributed by atoms with Gasteiger partial charge in [0.15, 0.2) is 0 Å². The molecule has 0 aromatic heterocycles. The van der Waals surface area contributed by atoms with Crippen molar-refractivity contribution in [1.29, 1.82) is 0 Å². The lowest BCUT2D eigenvalue weighted by atomic mass is 10.0. The lowest BCUT2D eigenvalue weighted by Gasteiger charge is -2.22. The Labute approximate surface area is 204 Å². The largest absolute Gasteiger partial charge is 0.478 e. The van der Waals surface area contributed by atoms with E-state index in [-0.39, 0.29) is 6.10 Å². The van der Waals surface area contributed by atoms with Gasteiger partial charge in [0.05, 0.1) is 0 Å². The fraction of sp³-hybridized carbons (Fsp3) is 0.857. The van der Waals surface area contributed by atoms with Crippen LogP contribution in [0.25, 0.3) is 0 Å². The van der Waals surface area contributed by atoms with E-state index < -0.39 is 11.9 Å². The highest BCUT2D eigenvalue weighted by Gasteiger charge is 2.14. The van der Waals surface area contributed by atoms with Gasteiger partial charge in [0.1, 0.15) is 6.10 Å². The Morgan fingerprint density at radius 3 is 1.58 bits per heavy atom. The Balaban J connectivity index is 3.88. The van der Waals surface area contributed by atoms with Crippen molar-refractivity contribution in [1.82, 2.24) is 4.90 Å². The van der Waals surface area contributed by atoms with Crippen LogP contribution in [0, 0.1) is 0 Å². The summed E-state index contributed by atoms with van der Waals surface area (Å²) < 4.78 is 5.54. The summed E-state index contributed by atoms with van der Waals surface area (Å²) in [5.74, 6) is -1.68. The molecule has 5 nitrogen and oxygen atoms in total. The molecule has 0 aromatic carbocycles. The summed E-state index contributed by atoms with van der Waals surface area (Å²) in [5.41, 5.74) is 0. The summed E-state index contributed by atoms with van der Waals surface area (Å²) in [4.78, 5) is 24.8. The monoisotopic (exact) mass is 467 g/mol. The fourth-order valence-electron chi connectivity index (χ4n) is 4.21. The number of aliphatic carboxylic acids is 1. The van der Waals surface area contributed by atoms with Crippen LogP contribution in [0.4, 0.5) is 0 Å². The van der Waals surface area contributed by atoms with Crippen molar-refractivity contribution in [3.63, 3.8) is 0 Å². The predicted octanol–water partition coefficient (Wildman–Crippen LogP) is 7.53. The molecule has 0 saturated heterocycles. The van der Waals surface area contributed by atoms with Crippen molar-refractivity contribution in [2.75, 3.05) is 19.6 Å². The average Bonchev–Trinajstić information content (AvgIpc) is 2.80. The van der Waals surface area contributed by atoms with E-state index in [9.17, 15) is 9.59 Å². The lowest BCUT2D eigenvalue weighted by molar-refractivity contribution is -0.144. The molecule has 0 rings (SSSR count). The SMILES string of the molecule is CCCCCCCCCCCCCCCCCC(CCN(CC)CC)OC(=O)/C=C\C(=O)O. The molecule has 1 atom stereocenters. The second kappa shape index (κ2) is 23.8. The molecule has 0 aliphatic rings. The first-order valence-corrected chi connectivity index (χ1v) is 13.9. The number of esters is 1. The molecule has 0 heterocycles. The van der Waals surface area contributed by atoms with Crippen LogP contribution in [0.3, 0.4) is 0 Å². The molecule has 194 valence electrons. The second-order valence-corrected chi connectivity index (χ2v) is 9.28. The van der Waals surface area contributed by atoms with Gasteiger partial charge in [0.25, 0.3) is 0 Å². The number of unbranched alkanes of at least 4 members (excludes halogenated alkanes) is 14. The number of ether oxygens (including phenoxy) is 1. The molecule has 0 aromatic rings. The predicted molar refractivity (Wildman–Crippen MR) is 139 cm³/mol. The van der Waals surface area contributed by atoms with Gasteiger partial charge >= 0.3 is 11.9 Å². The summed E-state index contributed by atoms with van der Waals surface area (Å²) in [5, 5.41) is 8.69. The van der Waals surface area contributed by atoms with E-state index in [4.69, 9.17) is 9.84 Å². The highest BCUT2D eigenvalue weighted by molar-refractivity contribution is 5.90. The molecule has 0 radical (unpaired) electrons. The molecule has 0 saturated carbocycles. The van der Waals surface area contributed by atoms with Gasteiger partial charge < -0.3 is 14.7 Å². The van der Waals surface area contributed by atoms with Crippen LogP contribution in [0.1, 0.15) is 130 Å². The van der Waals surface area contributed by atoms with Crippen LogP contribution in [0.15, 0.2) is 12.2 Å². The topological polar surface area (TPSA) is 66.8 Å². The highest BCUT2D eigenvalue weighted by atomic mass is 16.5. The van der Waals surface area contributed by atoms with Gasteiger partial charge in [-0.25, -0.2) is 9.59 Å². The second-order valence-electron chi connectivity index (χ2n) is 9.28. The standard InChI is InChI=1S/C28H53NO4/c1-4-7-8-9-10-11-12-13-14-15-16-17-18-19-20-21-26(24-25-29(5-2)6-3)33-28(32)23-22-27(30)31/h22-23,26H,4-21,24-25H2,1-3H3,(H,30,31)/b23-22-. The van der Waals surface area contributed by atoms with Gasteiger partial charge in [-0.1, -0.05) is 111 Å². The molecule has 33 heavy (non-hydrogen) atoms. The zero-order valence-electron chi connectivity index (χ0n) is 22.0. The van der Waals surface area contributed by atoms with Gasteiger partial charge in [-0.05, 0) is 32.4 Å². The first-order valence-electron chi connectivity index (χ1n) is 13.9. The first kappa shape index (κ1) is 31.6. The number of carboxylic acids is 1. The zero-order valence-corrected chi connectivity index (χ0v) is 22.0. The van der Waals surface area contributed by atoms with Gasteiger partial charge in [-0.2, -0.15) is 0 Å². The molecular formula is C28H53NO4. The Morgan fingerprint density at radius 1 is 0.697 bits per heavy atom. The Hall–Kier alpha value is -1.36. The minimum absolute atomic E-state index is 0.140. The maximum atomic E-state index is 11.9. The molecule has 0 fully saturated rings. The highest BCUT2D eigenvalue weighted by Crippen LogP contribution is 2.16. The molecular weight excluding hydrogens is 414 g/mol. The smallest absolute Gasteiger partial charge is 0.331 e. The molecule has 5 heteroatoms. The molecule has 1 unspecified atom stereocenters. The molecule has 0 aliphatic heterocycles. The van der Waals surface area contributed by atoms with Crippen molar-refractivity contribution >= 4 is 11.9 Å². The van der Waals surface area contributed by atoms with Crippen molar-refractivity contribution in [3.05, 3.63) is 12.2 Å². The third kappa shape index (κ3) is 22.2. The maximum absolute atomic E-state index is 11.9. The average molecular weight is 468 g/mol. The summed E-state index contributed by atoms with van der Waals surface area (Å²) in [6.45, 7) is 9.40. The Morgan fingerprint density at radius 2 is 1.15 bits per heavy atom. The molecule has 0 aliphatic carbocycles. The van der Waals surface area contributed by atoms with E-state index in [1.165, 1.54) is 89.9 Å². The zero-order chi connectivity index (χ0) is 24.6. The summed E-state index contributed by atoms with van der Waals surface area (Å²) in [7, 11) is 0. The number of hydrogen-bond acceptors (Lipinski definition) is 4. The lowest BCUT2D eigenvalue weighted by Crippen LogP contribution is -2.28. The first-order chi connectivity index (χ1) is 16.0. The number of nitrogens with zero attached hydrogens (tertiary/aromatic N) is 1. The summed E-state index contributed by atoms with van der Waals surface area (Å²) in [6, 6.07) is 0. The number of hydrogen-bond donors (Lipinski definition) is 1. The van der Waals surface area contributed by atoms with E-state index in [1.807, 2.05) is 0 Å². The van der Waals surface area contributed by atoms with Crippen LogP contribution in [0.2, 0.25) is 0 Å². The van der Waals surface area contributed by atoms with Gasteiger partial charge in [0.2, 0.25) is 0 Å². The van der Waals surface area contributed by atoms with Crippen molar-refractivity contribution in [2.45, 2.75) is 136 Å². The van der Waals surface area contributed by atoms with Gasteiger partial charge in [-0.3, -0.25) is 0 Å². The van der Waals surface area contributed by atoms with Gasteiger partial charge in [0, 0.05) is 18.7 Å². The summed E-state index contributed by atoms with van der Waals surface area (Å²) in [6.07, 6.45) is 23.4. The van der Waals surface area contributed by atoms with Crippen LogP contribution in [-0.2, 0) is 14.3 Å². The minimum Gasteiger partial charge on any atom is -0.478 e. The molecule has 0 amide bonds. The van der Waals surface area contributed by atoms with E-state index >= 15 is 0 Å². The number of carbonyl (C=O) groups is 2. The normalized spacial score (nSPS) is 12.5. The number of carbonyl (C=O) groups excluding carboxylic acids is 1.